The number of H-pyrrole nitrogens is 1. The average molecular weight is 850 g/mol. The van der Waals surface area contributed by atoms with Crippen molar-refractivity contribution < 1.29 is 18.1 Å². The lowest BCUT2D eigenvalue weighted by molar-refractivity contribution is -0.0494. The Kier molecular flexibility index (Phi) is 13.0. The Morgan fingerprint density at radius 1 is 0.627 bits per heavy atom. The molecule has 0 radical (unpaired) electrons. The molecule has 12 heteroatoms. The molecule has 4 atom stereocenters. The number of nitrogens with one attached hydrogen (secondary N) is 2. The van der Waals surface area contributed by atoms with E-state index in [2.05, 4.69) is 183 Å². The molecule has 5 aromatic rings. The quantitative estimate of drug-likeness (QED) is 0.0988. The van der Waals surface area contributed by atoms with Gasteiger partial charge in [-0.1, -0.05) is 184 Å². The molecule has 314 valence electrons. The van der Waals surface area contributed by atoms with Crippen molar-refractivity contribution in [2.75, 3.05) is 6.61 Å². The molecule has 0 unspecified atom stereocenters. The monoisotopic (exact) mass is 849 g/mol. The summed E-state index contributed by atoms with van der Waals surface area (Å²) in [5.41, 5.74) is 2.61. The summed E-state index contributed by atoms with van der Waals surface area (Å²) in [4.78, 5) is 28.6. The largest absolute Gasteiger partial charge is 0.408 e. The summed E-state index contributed by atoms with van der Waals surface area (Å²) in [5.74, 6) is 0. The zero-order valence-electron chi connectivity index (χ0n) is 36.6. The van der Waals surface area contributed by atoms with Gasteiger partial charge in [-0.2, -0.15) is 0 Å². The molecule has 1 aromatic heterocycles. The molecule has 1 saturated heterocycles. The van der Waals surface area contributed by atoms with Gasteiger partial charge in [-0.05, 0) is 49.0 Å². The second-order valence-electron chi connectivity index (χ2n) is 19.3. The van der Waals surface area contributed by atoms with E-state index in [0.717, 1.165) is 20.7 Å². The molecule has 4 aromatic carbocycles. The standard InChI is InChI=1S/C47H63N3O6Si3/c1-45(2,3)57(10,11)55-42-41(49-56-59(47(7,8)9,37-28-20-14-21-29-37)38-30-22-15-23-31-38)39(54-43(42)50-33-32-40(51)48-44(50)52)34-53-58(46(4,5)6,35-24-16-12-17-25-35)36-26-18-13-19-27-36/h12-33,39,41-43,49H,34H2,1-11H3,(H,48,51,52)/t39-,41-,42-,43-/m1/s1. The maximum absolute atomic E-state index is 13.7. The first kappa shape index (κ1) is 44.6. The van der Waals surface area contributed by atoms with Crippen LogP contribution in [0.2, 0.25) is 28.2 Å². The second-order valence-corrected chi connectivity index (χ2v) is 32.6. The summed E-state index contributed by atoms with van der Waals surface area (Å²) >= 11 is 0. The van der Waals surface area contributed by atoms with Gasteiger partial charge in [-0.25, -0.2) is 10.3 Å². The van der Waals surface area contributed by atoms with E-state index in [1.54, 1.807) is 0 Å². The van der Waals surface area contributed by atoms with Crippen LogP contribution in [0.25, 0.3) is 0 Å². The van der Waals surface area contributed by atoms with E-state index < -0.39 is 60.7 Å². The number of hydrogen-bond acceptors (Lipinski definition) is 7. The molecule has 0 amide bonds. The third-order valence-electron chi connectivity index (χ3n) is 12.4. The third-order valence-corrected chi connectivity index (χ3v) is 26.7. The van der Waals surface area contributed by atoms with Crippen LogP contribution in [0.5, 0.6) is 0 Å². The minimum absolute atomic E-state index is 0.168. The zero-order valence-corrected chi connectivity index (χ0v) is 39.6. The molecule has 2 N–H and O–H groups in total. The van der Waals surface area contributed by atoms with Gasteiger partial charge in [0.15, 0.2) is 14.5 Å². The Hall–Kier alpha value is -3.99. The molecule has 1 aliphatic heterocycles. The first-order valence-corrected chi connectivity index (χ1v) is 27.4. The van der Waals surface area contributed by atoms with E-state index >= 15 is 0 Å². The molecule has 1 fully saturated rings. The lowest BCUT2D eigenvalue weighted by Gasteiger charge is -2.45. The van der Waals surface area contributed by atoms with Crippen molar-refractivity contribution in [1.82, 2.24) is 15.0 Å². The summed E-state index contributed by atoms with van der Waals surface area (Å²) in [7, 11) is -8.75. The maximum atomic E-state index is 13.7. The van der Waals surface area contributed by atoms with Gasteiger partial charge in [0, 0.05) is 12.3 Å². The van der Waals surface area contributed by atoms with Crippen molar-refractivity contribution in [3.05, 3.63) is 154 Å². The van der Waals surface area contributed by atoms with Crippen LogP contribution in [0, 0.1) is 0 Å². The first-order chi connectivity index (χ1) is 27.7. The van der Waals surface area contributed by atoms with Crippen molar-refractivity contribution in [2.24, 2.45) is 0 Å². The van der Waals surface area contributed by atoms with E-state index in [4.69, 9.17) is 18.1 Å². The smallest absolute Gasteiger partial charge is 0.330 e. The summed E-state index contributed by atoms with van der Waals surface area (Å²) in [6.07, 6.45) is -0.792. The second kappa shape index (κ2) is 17.2. The summed E-state index contributed by atoms with van der Waals surface area (Å²) in [6, 6.07) is 42.8. The molecule has 59 heavy (non-hydrogen) atoms. The van der Waals surface area contributed by atoms with Crippen molar-refractivity contribution >= 4 is 45.7 Å². The number of rotatable bonds is 13. The van der Waals surface area contributed by atoms with Gasteiger partial charge in [0.25, 0.3) is 22.2 Å². The van der Waals surface area contributed by atoms with E-state index in [9.17, 15) is 9.59 Å². The molecular weight excluding hydrogens is 787 g/mol. The van der Waals surface area contributed by atoms with Crippen LogP contribution in [0.1, 0.15) is 68.5 Å². The highest BCUT2D eigenvalue weighted by molar-refractivity contribution is 7.00. The van der Waals surface area contributed by atoms with Gasteiger partial charge in [0.2, 0.25) is 0 Å². The van der Waals surface area contributed by atoms with E-state index in [1.807, 2.05) is 24.3 Å². The fourth-order valence-electron chi connectivity index (χ4n) is 8.29. The number of hydrogen-bond donors (Lipinski definition) is 2. The minimum Gasteiger partial charge on any atom is -0.408 e. The van der Waals surface area contributed by atoms with Crippen LogP contribution in [0.15, 0.2) is 143 Å². The number of benzene rings is 4. The van der Waals surface area contributed by atoms with Gasteiger partial charge in [-0.15, -0.1) is 0 Å². The van der Waals surface area contributed by atoms with E-state index in [-0.39, 0.29) is 21.7 Å². The van der Waals surface area contributed by atoms with Gasteiger partial charge in [0.1, 0.15) is 12.2 Å². The zero-order chi connectivity index (χ0) is 42.9. The molecule has 1 aliphatic rings. The molecule has 6 rings (SSSR count). The first-order valence-electron chi connectivity index (χ1n) is 20.7. The van der Waals surface area contributed by atoms with E-state index in [0.29, 0.717) is 0 Å². The Morgan fingerprint density at radius 2 is 1.05 bits per heavy atom. The fraction of sp³-hybridized carbons (Fsp3) is 0.404. The highest BCUT2D eigenvalue weighted by atomic mass is 28.4. The van der Waals surface area contributed by atoms with Crippen molar-refractivity contribution in [3.8, 4) is 0 Å². The minimum atomic E-state index is -3.14. The molecule has 0 spiro atoms. The number of hydroxylamine groups is 1. The normalized spacial score (nSPS) is 19.5. The molecule has 0 bridgehead atoms. The number of aromatic amines is 1. The van der Waals surface area contributed by atoms with Crippen LogP contribution >= 0.6 is 0 Å². The number of ether oxygens (including phenoxy) is 1. The molecule has 0 aliphatic carbocycles. The lowest BCUT2D eigenvalue weighted by Crippen LogP contribution is -2.70. The molecule has 9 nitrogen and oxygen atoms in total. The summed E-state index contributed by atoms with van der Waals surface area (Å²) < 4.78 is 31.0. The van der Waals surface area contributed by atoms with Gasteiger partial charge < -0.3 is 18.1 Å². The fourth-order valence-corrected chi connectivity index (χ4v) is 18.4. The topological polar surface area (TPSA) is 104 Å². The van der Waals surface area contributed by atoms with Gasteiger partial charge in [-0.3, -0.25) is 14.3 Å². The average Bonchev–Trinajstić information content (AvgIpc) is 3.51. The SMILES string of the molecule is CC(C)(C)[Si](C)(C)O[C@@H]1[C@H](NO[Si](c2ccccc2)(c2ccccc2)C(C)(C)C)[C@@H](CO[Si](c2ccccc2)(c2ccccc2)C(C)(C)C)O[C@H]1n1ccc(=O)[nH]c1=O. The molecule has 0 saturated carbocycles. The highest BCUT2D eigenvalue weighted by Crippen LogP contribution is 2.44. The van der Waals surface area contributed by atoms with Crippen LogP contribution in [0.4, 0.5) is 0 Å². The predicted octanol–water partition coefficient (Wildman–Crippen LogP) is 6.85. The summed E-state index contributed by atoms with van der Waals surface area (Å²) in [6.45, 7) is 24.6. The van der Waals surface area contributed by atoms with Crippen LogP contribution in [-0.4, -0.2) is 59.4 Å². The van der Waals surface area contributed by atoms with Crippen LogP contribution in [-0.2, 0) is 18.1 Å². The van der Waals surface area contributed by atoms with Gasteiger partial charge >= 0.3 is 5.69 Å². The van der Waals surface area contributed by atoms with Crippen LogP contribution in [0.3, 0.4) is 0 Å². The maximum Gasteiger partial charge on any atom is 0.330 e. The predicted molar refractivity (Wildman–Crippen MR) is 247 cm³/mol. The van der Waals surface area contributed by atoms with Gasteiger partial charge in [0.05, 0.1) is 12.6 Å². The Balaban J connectivity index is 1.54. The van der Waals surface area contributed by atoms with Crippen molar-refractivity contribution in [3.63, 3.8) is 0 Å². The van der Waals surface area contributed by atoms with Crippen molar-refractivity contribution in [1.29, 1.82) is 0 Å². The van der Waals surface area contributed by atoms with Crippen LogP contribution < -0.4 is 37.5 Å². The Labute approximate surface area is 353 Å². The summed E-state index contributed by atoms with van der Waals surface area (Å²) in [5, 5.41) is 3.70. The third kappa shape index (κ3) is 8.78. The molecule has 2 heterocycles. The Morgan fingerprint density at radius 3 is 1.44 bits per heavy atom. The van der Waals surface area contributed by atoms with Crippen molar-refractivity contribution in [2.45, 2.75) is 115 Å². The lowest BCUT2D eigenvalue weighted by atomic mass is 10.1. The molecular formula is C47H63N3O6Si3. The highest BCUT2D eigenvalue weighted by Gasteiger charge is 2.57. The van der Waals surface area contributed by atoms with E-state index in [1.165, 1.54) is 16.8 Å². The number of aromatic nitrogens is 2. The Bertz CT molecular complexity index is 2170. The number of nitrogens with zero attached hydrogens (tertiary/aromatic N) is 1.